The Kier molecular flexibility index (Phi) is 4.92. The molecule has 1 aromatic carbocycles. The molecule has 1 aliphatic rings. The normalized spacial score (nSPS) is 14.9. The van der Waals surface area contributed by atoms with Crippen LogP contribution in [0.1, 0.15) is 30.1 Å². The lowest BCUT2D eigenvalue weighted by Gasteiger charge is -2.32. The summed E-state index contributed by atoms with van der Waals surface area (Å²) in [6.45, 7) is 1.32. The van der Waals surface area contributed by atoms with E-state index < -0.39 is 0 Å². The Morgan fingerprint density at radius 1 is 1.21 bits per heavy atom. The second-order valence-electron chi connectivity index (χ2n) is 7.02. The smallest absolute Gasteiger partial charge is 0.252 e. The third kappa shape index (κ3) is 3.80. The molecule has 8 heteroatoms. The van der Waals surface area contributed by atoms with Gasteiger partial charge in [0.2, 0.25) is 11.9 Å². The van der Waals surface area contributed by atoms with Gasteiger partial charge in [-0.15, -0.1) is 0 Å². The minimum absolute atomic E-state index is 0.0293. The van der Waals surface area contributed by atoms with Gasteiger partial charge in [0, 0.05) is 36.3 Å². The second kappa shape index (κ2) is 7.67. The number of hydrogen-bond acceptors (Lipinski definition) is 5. The number of rotatable bonds is 4. The molecule has 1 fully saturated rings. The van der Waals surface area contributed by atoms with Crippen LogP contribution in [0.2, 0.25) is 0 Å². The van der Waals surface area contributed by atoms with Crippen LogP contribution in [0.5, 0.6) is 0 Å². The van der Waals surface area contributed by atoms with E-state index in [4.69, 9.17) is 5.73 Å². The van der Waals surface area contributed by atoms with Gasteiger partial charge in [0.15, 0.2) is 0 Å². The maximum absolute atomic E-state index is 12.6. The van der Waals surface area contributed by atoms with Crippen molar-refractivity contribution in [2.45, 2.75) is 25.2 Å². The Morgan fingerprint density at radius 3 is 2.68 bits per heavy atom. The van der Waals surface area contributed by atoms with E-state index in [1.807, 2.05) is 29.3 Å². The van der Waals surface area contributed by atoms with Crippen molar-refractivity contribution in [3.05, 3.63) is 64.3 Å². The molecular formula is C20H22N6O2. The molecule has 28 heavy (non-hydrogen) atoms. The van der Waals surface area contributed by atoms with Crippen LogP contribution in [0.15, 0.2) is 47.4 Å². The van der Waals surface area contributed by atoms with E-state index in [2.05, 4.69) is 32.3 Å². The van der Waals surface area contributed by atoms with Crippen molar-refractivity contribution in [3.8, 4) is 11.1 Å². The summed E-state index contributed by atoms with van der Waals surface area (Å²) >= 11 is 0. The van der Waals surface area contributed by atoms with Crippen LogP contribution in [-0.2, 0) is 11.2 Å². The molecule has 0 aliphatic carbocycles. The number of H-pyrrole nitrogens is 2. The number of piperidine rings is 1. The van der Waals surface area contributed by atoms with E-state index in [1.165, 1.54) is 6.07 Å². The van der Waals surface area contributed by atoms with Crippen molar-refractivity contribution in [2.24, 2.45) is 0 Å². The van der Waals surface area contributed by atoms with E-state index in [1.54, 1.807) is 0 Å². The van der Waals surface area contributed by atoms with Crippen LogP contribution in [0, 0.1) is 0 Å². The topological polar surface area (TPSA) is 121 Å². The molecule has 1 saturated heterocycles. The highest BCUT2D eigenvalue weighted by molar-refractivity contribution is 5.78. The number of benzene rings is 1. The van der Waals surface area contributed by atoms with Crippen molar-refractivity contribution in [2.75, 3.05) is 18.8 Å². The van der Waals surface area contributed by atoms with Gasteiger partial charge in [0.25, 0.3) is 5.56 Å². The lowest BCUT2D eigenvalue weighted by Crippen LogP contribution is -2.39. The Hall–Kier alpha value is -3.42. The van der Waals surface area contributed by atoms with Crippen LogP contribution in [0.25, 0.3) is 11.1 Å². The first-order chi connectivity index (χ1) is 13.6. The predicted molar refractivity (Wildman–Crippen MR) is 106 cm³/mol. The maximum Gasteiger partial charge on any atom is 0.252 e. The van der Waals surface area contributed by atoms with Gasteiger partial charge < -0.3 is 10.6 Å². The zero-order chi connectivity index (χ0) is 19.5. The molecule has 3 aromatic rings. The van der Waals surface area contributed by atoms with Crippen LogP contribution in [-0.4, -0.2) is 44.1 Å². The number of nitrogens with two attached hydrogens (primary N) is 1. The van der Waals surface area contributed by atoms with Gasteiger partial charge in [-0.2, -0.15) is 5.10 Å². The summed E-state index contributed by atoms with van der Waals surface area (Å²) in [6.07, 6.45) is 3.67. The van der Waals surface area contributed by atoms with E-state index in [0.717, 1.165) is 29.7 Å². The second-order valence-corrected chi connectivity index (χ2v) is 7.02. The summed E-state index contributed by atoms with van der Waals surface area (Å²) in [5.41, 5.74) is 8.99. The number of carbonyl (C=O) groups is 1. The molecular weight excluding hydrogens is 356 g/mol. The van der Waals surface area contributed by atoms with Gasteiger partial charge >= 0.3 is 0 Å². The first-order valence-corrected chi connectivity index (χ1v) is 9.32. The Bertz CT molecular complexity index is 1020. The molecule has 0 spiro atoms. The number of nitrogens with one attached hydrogen (secondary N) is 2. The zero-order valence-corrected chi connectivity index (χ0v) is 15.4. The Balaban J connectivity index is 1.41. The fourth-order valence-electron chi connectivity index (χ4n) is 3.76. The third-order valence-electron chi connectivity index (χ3n) is 5.15. The number of nitrogens with zero attached hydrogens (tertiary/aromatic N) is 3. The third-order valence-corrected chi connectivity index (χ3v) is 5.15. The molecule has 0 saturated carbocycles. The van der Waals surface area contributed by atoms with E-state index >= 15 is 0 Å². The summed E-state index contributed by atoms with van der Waals surface area (Å²) in [5, 5.41) is 7.40. The van der Waals surface area contributed by atoms with Crippen molar-refractivity contribution < 1.29 is 4.79 Å². The predicted octanol–water partition coefficient (Wildman–Crippen LogP) is 1.69. The minimum Gasteiger partial charge on any atom is -0.369 e. The molecule has 0 atom stereocenters. The highest BCUT2D eigenvalue weighted by Gasteiger charge is 2.27. The minimum atomic E-state index is -0.346. The van der Waals surface area contributed by atoms with Gasteiger partial charge in [-0.3, -0.25) is 19.7 Å². The van der Waals surface area contributed by atoms with Crippen LogP contribution < -0.4 is 11.3 Å². The van der Waals surface area contributed by atoms with E-state index in [-0.39, 0.29) is 23.8 Å². The first kappa shape index (κ1) is 18.0. The van der Waals surface area contributed by atoms with Gasteiger partial charge in [0.05, 0.1) is 18.3 Å². The summed E-state index contributed by atoms with van der Waals surface area (Å²) < 4.78 is 0. The number of nitrogen functional groups attached to an aromatic ring is 1. The lowest BCUT2D eigenvalue weighted by atomic mass is 9.89. The molecule has 2 aromatic heterocycles. The quantitative estimate of drug-likeness (QED) is 0.638. The van der Waals surface area contributed by atoms with Gasteiger partial charge in [-0.25, -0.2) is 4.98 Å². The molecule has 1 amide bonds. The van der Waals surface area contributed by atoms with E-state index in [9.17, 15) is 9.59 Å². The molecule has 8 nitrogen and oxygen atoms in total. The SMILES string of the molecule is Nc1nc(CC(=O)N2CCC(c3[nH]ncc3-c3ccccc3)CC2)cc(=O)[nH]1. The van der Waals surface area contributed by atoms with Crippen molar-refractivity contribution in [3.63, 3.8) is 0 Å². The number of amides is 1. The Morgan fingerprint density at radius 2 is 1.96 bits per heavy atom. The number of anilines is 1. The molecule has 4 N–H and O–H groups in total. The lowest BCUT2D eigenvalue weighted by molar-refractivity contribution is -0.131. The summed E-state index contributed by atoms with van der Waals surface area (Å²) in [7, 11) is 0. The number of hydrogen-bond donors (Lipinski definition) is 3. The van der Waals surface area contributed by atoms with Crippen molar-refractivity contribution >= 4 is 11.9 Å². The van der Waals surface area contributed by atoms with Gasteiger partial charge in [-0.1, -0.05) is 30.3 Å². The fourth-order valence-corrected chi connectivity index (χ4v) is 3.76. The van der Waals surface area contributed by atoms with Gasteiger partial charge in [-0.05, 0) is 18.4 Å². The van der Waals surface area contributed by atoms with Crippen LogP contribution in [0.3, 0.4) is 0 Å². The number of aromatic nitrogens is 4. The average Bonchev–Trinajstić information content (AvgIpc) is 3.18. The summed E-state index contributed by atoms with van der Waals surface area (Å²) in [4.78, 5) is 32.3. The highest BCUT2D eigenvalue weighted by atomic mass is 16.2. The number of aromatic amines is 2. The molecule has 0 bridgehead atoms. The van der Waals surface area contributed by atoms with Crippen LogP contribution in [0.4, 0.5) is 5.95 Å². The monoisotopic (exact) mass is 378 g/mol. The standard InChI is InChI=1S/C20H22N6O2/c21-20-23-15(10-17(27)24-20)11-18(28)26-8-6-14(7-9-26)19-16(12-22-25-19)13-4-2-1-3-5-13/h1-5,10,12,14H,6-9,11H2,(H,22,25)(H3,21,23,24,27). The fraction of sp³-hybridized carbons (Fsp3) is 0.300. The molecule has 1 aliphatic heterocycles. The van der Waals surface area contributed by atoms with E-state index in [0.29, 0.717) is 24.7 Å². The van der Waals surface area contributed by atoms with Crippen LogP contribution >= 0.6 is 0 Å². The van der Waals surface area contributed by atoms with Crippen molar-refractivity contribution in [1.29, 1.82) is 0 Å². The Labute approximate surface area is 161 Å². The zero-order valence-electron chi connectivity index (χ0n) is 15.4. The molecule has 0 radical (unpaired) electrons. The summed E-state index contributed by atoms with van der Waals surface area (Å²) in [6, 6.07) is 11.5. The largest absolute Gasteiger partial charge is 0.369 e. The molecule has 4 rings (SSSR count). The average molecular weight is 378 g/mol. The highest BCUT2D eigenvalue weighted by Crippen LogP contribution is 2.33. The molecule has 144 valence electrons. The molecule has 0 unspecified atom stereocenters. The summed E-state index contributed by atoms with van der Waals surface area (Å²) in [5.74, 6) is 0.320. The first-order valence-electron chi connectivity index (χ1n) is 9.32. The van der Waals surface area contributed by atoms with Crippen molar-refractivity contribution in [1.82, 2.24) is 25.1 Å². The maximum atomic E-state index is 12.6. The van der Waals surface area contributed by atoms with Gasteiger partial charge in [0.1, 0.15) is 0 Å². The molecule has 3 heterocycles. The number of carbonyl (C=O) groups excluding carboxylic acids is 1. The number of likely N-dealkylation sites (tertiary alicyclic amines) is 1.